The van der Waals surface area contributed by atoms with Crippen LogP contribution in [0.3, 0.4) is 0 Å². The number of amides is 1. The second-order valence-electron chi connectivity index (χ2n) is 4.51. The molecule has 1 fully saturated rings. The van der Waals surface area contributed by atoms with E-state index in [-0.39, 0.29) is 18.6 Å². The predicted octanol–water partition coefficient (Wildman–Crippen LogP) is -0.117. The Morgan fingerprint density at radius 3 is 2.67 bits per heavy atom. The molecule has 0 aromatic heterocycles. The van der Waals surface area contributed by atoms with E-state index in [0.717, 1.165) is 11.3 Å². The largest absolute Gasteiger partial charge is 0.396 e. The van der Waals surface area contributed by atoms with Crippen LogP contribution in [0.1, 0.15) is 12.0 Å². The van der Waals surface area contributed by atoms with Crippen LogP contribution in [0.2, 0.25) is 0 Å². The minimum Gasteiger partial charge on any atom is -0.396 e. The van der Waals surface area contributed by atoms with Gasteiger partial charge in [0.05, 0.1) is 12.1 Å². The highest BCUT2D eigenvalue weighted by atomic mass is 16.3. The molecule has 0 spiro atoms. The Bertz CT molecular complexity index is 405. The summed E-state index contributed by atoms with van der Waals surface area (Å²) in [6, 6.07) is 7.06. The van der Waals surface area contributed by atoms with Crippen molar-refractivity contribution in [3.8, 4) is 0 Å². The highest BCUT2D eigenvalue weighted by Gasteiger charge is 2.27. The first-order chi connectivity index (χ1) is 8.69. The van der Waals surface area contributed by atoms with Crippen LogP contribution in [0.4, 0.5) is 5.69 Å². The molecule has 1 heterocycles. The second kappa shape index (κ2) is 5.95. The van der Waals surface area contributed by atoms with Crippen LogP contribution in [0, 0.1) is 0 Å². The second-order valence-corrected chi connectivity index (χ2v) is 4.51. The Kier molecular flexibility index (Phi) is 4.30. The van der Waals surface area contributed by atoms with Gasteiger partial charge in [0.25, 0.3) is 0 Å². The van der Waals surface area contributed by atoms with Crippen LogP contribution in [0.25, 0.3) is 0 Å². The molecule has 0 aliphatic carbocycles. The van der Waals surface area contributed by atoms with Gasteiger partial charge >= 0.3 is 0 Å². The van der Waals surface area contributed by atoms with Gasteiger partial charge in [0.15, 0.2) is 0 Å². The molecule has 2 unspecified atom stereocenters. The van der Waals surface area contributed by atoms with Crippen LogP contribution in [-0.4, -0.2) is 41.4 Å². The summed E-state index contributed by atoms with van der Waals surface area (Å²) in [5.41, 5.74) is 1.76. The fraction of sp³-hybridized carbons (Fsp3) is 0.462. The molecule has 18 heavy (non-hydrogen) atoms. The Morgan fingerprint density at radius 2 is 2.11 bits per heavy atom. The molecule has 2 rings (SSSR count). The topological polar surface area (TPSA) is 81.6 Å². The predicted molar refractivity (Wildman–Crippen MR) is 68.3 cm³/mol. The maximum absolute atomic E-state index is 11.8. The summed E-state index contributed by atoms with van der Waals surface area (Å²) in [5, 5.41) is 23.9. The van der Waals surface area contributed by atoms with Crippen LogP contribution < -0.4 is 10.6 Å². The highest BCUT2D eigenvalue weighted by Crippen LogP contribution is 2.13. The van der Waals surface area contributed by atoms with E-state index in [9.17, 15) is 9.90 Å². The summed E-state index contributed by atoms with van der Waals surface area (Å²) in [6.45, 7) is 0.586. The van der Waals surface area contributed by atoms with Gasteiger partial charge in [-0.3, -0.25) is 4.79 Å². The maximum atomic E-state index is 11.8. The van der Waals surface area contributed by atoms with Gasteiger partial charge in [-0.05, 0) is 30.5 Å². The van der Waals surface area contributed by atoms with Gasteiger partial charge in [-0.2, -0.15) is 0 Å². The van der Waals surface area contributed by atoms with E-state index in [1.54, 1.807) is 0 Å². The average Bonchev–Trinajstić information content (AvgIpc) is 2.79. The van der Waals surface area contributed by atoms with Crippen molar-refractivity contribution in [3.05, 3.63) is 29.8 Å². The summed E-state index contributed by atoms with van der Waals surface area (Å²) in [6.07, 6.45) is 0.631. The van der Waals surface area contributed by atoms with Gasteiger partial charge in [-0.25, -0.2) is 0 Å². The molecule has 0 saturated carbocycles. The summed E-state index contributed by atoms with van der Waals surface area (Å²) in [4.78, 5) is 11.8. The Hall–Kier alpha value is -1.43. The third-order valence-electron chi connectivity index (χ3n) is 3.05. The molecule has 1 amide bonds. The summed E-state index contributed by atoms with van der Waals surface area (Å²) < 4.78 is 0. The first-order valence-electron chi connectivity index (χ1n) is 6.11. The molecule has 1 aromatic rings. The van der Waals surface area contributed by atoms with Crippen molar-refractivity contribution in [2.24, 2.45) is 0 Å². The van der Waals surface area contributed by atoms with Crippen LogP contribution in [-0.2, 0) is 11.2 Å². The quantitative estimate of drug-likeness (QED) is 0.600. The summed E-state index contributed by atoms with van der Waals surface area (Å²) >= 11 is 0. The molecule has 1 aromatic carbocycles. The number of hydrogen-bond acceptors (Lipinski definition) is 4. The number of benzene rings is 1. The zero-order valence-corrected chi connectivity index (χ0v) is 10.1. The van der Waals surface area contributed by atoms with Crippen molar-refractivity contribution in [1.29, 1.82) is 0 Å². The molecule has 2 atom stereocenters. The Morgan fingerprint density at radius 1 is 1.39 bits per heavy atom. The molecule has 1 aliphatic heterocycles. The average molecular weight is 250 g/mol. The third-order valence-corrected chi connectivity index (χ3v) is 3.05. The SMILES string of the molecule is O=C(Nc1ccc(CCO)cc1)C1CC(O)CN1. The number of aliphatic hydroxyl groups excluding tert-OH is 2. The molecule has 5 nitrogen and oxygen atoms in total. The number of anilines is 1. The van der Waals surface area contributed by atoms with E-state index in [4.69, 9.17) is 5.11 Å². The van der Waals surface area contributed by atoms with Gasteiger partial charge in [0.2, 0.25) is 5.91 Å². The molecule has 4 N–H and O–H groups in total. The summed E-state index contributed by atoms with van der Waals surface area (Å²) in [5.74, 6) is -0.124. The number of aliphatic hydroxyl groups is 2. The maximum Gasteiger partial charge on any atom is 0.241 e. The zero-order valence-electron chi connectivity index (χ0n) is 10.1. The number of carbonyl (C=O) groups excluding carboxylic acids is 1. The van der Waals surface area contributed by atoms with Gasteiger partial charge in [-0.1, -0.05) is 12.1 Å². The third kappa shape index (κ3) is 3.29. The first-order valence-corrected chi connectivity index (χ1v) is 6.11. The lowest BCUT2D eigenvalue weighted by Crippen LogP contribution is -2.35. The fourth-order valence-electron chi connectivity index (χ4n) is 2.03. The molecule has 98 valence electrons. The van der Waals surface area contributed by atoms with E-state index < -0.39 is 6.10 Å². The van der Waals surface area contributed by atoms with Crippen LogP contribution in [0.15, 0.2) is 24.3 Å². The number of hydrogen-bond donors (Lipinski definition) is 4. The lowest BCUT2D eigenvalue weighted by atomic mass is 10.1. The standard InChI is InChI=1S/C13H18N2O3/c16-6-5-9-1-3-10(4-2-9)15-13(18)12-7-11(17)8-14-12/h1-4,11-12,14,16-17H,5-8H2,(H,15,18). The van der Waals surface area contributed by atoms with Crippen molar-refractivity contribution >= 4 is 11.6 Å². The first kappa shape index (κ1) is 13.0. The molecule has 1 aliphatic rings. The highest BCUT2D eigenvalue weighted by molar-refractivity contribution is 5.95. The van der Waals surface area contributed by atoms with E-state index in [2.05, 4.69) is 10.6 Å². The van der Waals surface area contributed by atoms with E-state index in [1.165, 1.54) is 0 Å². The van der Waals surface area contributed by atoms with E-state index in [1.807, 2.05) is 24.3 Å². The number of β-amino-alcohol motifs (C(OH)–C–C–N with tert-alkyl or cyclic N) is 1. The van der Waals surface area contributed by atoms with Crippen molar-refractivity contribution in [3.63, 3.8) is 0 Å². The van der Waals surface area contributed by atoms with Crippen molar-refractivity contribution in [2.45, 2.75) is 25.0 Å². The van der Waals surface area contributed by atoms with Crippen molar-refractivity contribution in [1.82, 2.24) is 5.32 Å². The van der Waals surface area contributed by atoms with Crippen LogP contribution in [0.5, 0.6) is 0 Å². The lowest BCUT2D eigenvalue weighted by Gasteiger charge is -2.11. The van der Waals surface area contributed by atoms with Gasteiger partial charge < -0.3 is 20.8 Å². The van der Waals surface area contributed by atoms with Gasteiger partial charge in [0.1, 0.15) is 0 Å². The molecule has 0 bridgehead atoms. The van der Waals surface area contributed by atoms with Crippen LogP contribution >= 0.6 is 0 Å². The number of nitrogens with one attached hydrogen (secondary N) is 2. The van der Waals surface area contributed by atoms with E-state index >= 15 is 0 Å². The van der Waals surface area contributed by atoms with Crippen molar-refractivity contribution in [2.75, 3.05) is 18.5 Å². The number of carbonyl (C=O) groups is 1. The van der Waals surface area contributed by atoms with Gasteiger partial charge in [-0.15, -0.1) is 0 Å². The Balaban J connectivity index is 1.90. The minimum absolute atomic E-state index is 0.121. The molecule has 5 heteroatoms. The summed E-state index contributed by atoms with van der Waals surface area (Å²) in [7, 11) is 0. The molecular weight excluding hydrogens is 232 g/mol. The molecular formula is C13H18N2O3. The smallest absolute Gasteiger partial charge is 0.241 e. The monoisotopic (exact) mass is 250 g/mol. The van der Waals surface area contributed by atoms with Crippen molar-refractivity contribution < 1.29 is 15.0 Å². The van der Waals surface area contributed by atoms with Gasteiger partial charge in [0, 0.05) is 18.8 Å². The lowest BCUT2D eigenvalue weighted by molar-refractivity contribution is -0.117. The fourth-order valence-corrected chi connectivity index (χ4v) is 2.03. The number of rotatable bonds is 4. The minimum atomic E-state index is -0.437. The zero-order chi connectivity index (χ0) is 13.0. The Labute approximate surface area is 106 Å². The molecule has 0 radical (unpaired) electrons. The normalized spacial score (nSPS) is 23.0. The molecule has 1 saturated heterocycles. The van der Waals surface area contributed by atoms with E-state index in [0.29, 0.717) is 19.4 Å².